The summed E-state index contributed by atoms with van der Waals surface area (Å²) in [6.07, 6.45) is 0.465. The predicted molar refractivity (Wildman–Crippen MR) is 49.1 cm³/mol. The summed E-state index contributed by atoms with van der Waals surface area (Å²) < 4.78 is 24.9. The van der Waals surface area contributed by atoms with E-state index in [9.17, 15) is 8.78 Å². The third kappa shape index (κ3) is 2.45. The number of hydrogen-bond donors (Lipinski definition) is 1. The first-order valence-corrected chi connectivity index (χ1v) is 4.27. The lowest BCUT2D eigenvalue weighted by Gasteiger charge is -2.23. The maximum Gasteiger partial charge on any atom is 0.256 e. The number of halogens is 2. The molecular weight excluding hydrogens is 188 g/mol. The van der Waals surface area contributed by atoms with E-state index in [1.165, 1.54) is 19.3 Å². The molecule has 0 aliphatic carbocycles. The highest BCUT2D eigenvalue weighted by molar-refractivity contribution is 5.12. The monoisotopic (exact) mass is 201 g/mol. The van der Waals surface area contributed by atoms with E-state index in [0.29, 0.717) is 11.4 Å². The zero-order chi connectivity index (χ0) is 10.8. The van der Waals surface area contributed by atoms with Gasteiger partial charge in [-0.25, -0.2) is 8.78 Å². The van der Waals surface area contributed by atoms with Crippen molar-refractivity contribution in [2.75, 3.05) is 0 Å². The van der Waals surface area contributed by atoms with Crippen LogP contribution in [0.2, 0.25) is 0 Å². The lowest BCUT2D eigenvalue weighted by molar-refractivity contribution is 0.0633. The van der Waals surface area contributed by atoms with Gasteiger partial charge in [-0.3, -0.25) is 9.97 Å². The van der Waals surface area contributed by atoms with E-state index < -0.39 is 12.0 Å². The number of nitrogens with zero attached hydrogens (tertiary/aromatic N) is 2. The molecular formula is C9H13F2N3. The fourth-order valence-corrected chi connectivity index (χ4v) is 1.05. The molecule has 0 aliphatic rings. The molecule has 14 heavy (non-hydrogen) atoms. The van der Waals surface area contributed by atoms with Crippen molar-refractivity contribution in [3.8, 4) is 0 Å². The van der Waals surface area contributed by atoms with E-state index >= 15 is 0 Å². The SMILES string of the molecule is Cc1nccnc1CC(C)(N)C(F)F. The summed E-state index contributed by atoms with van der Waals surface area (Å²) in [4.78, 5) is 7.93. The second kappa shape index (κ2) is 3.96. The zero-order valence-corrected chi connectivity index (χ0v) is 8.17. The van der Waals surface area contributed by atoms with Crippen LogP contribution in [0.5, 0.6) is 0 Å². The van der Waals surface area contributed by atoms with Crippen LogP contribution in [0.1, 0.15) is 18.3 Å². The Labute approximate surface area is 81.4 Å². The Kier molecular flexibility index (Phi) is 3.10. The Hall–Kier alpha value is -1.10. The van der Waals surface area contributed by atoms with Crippen LogP contribution in [0.3, 0.4) is 0 Å². The topological polar surface area (TPSA) is 51.8 Å². The van der Waals surface area contributed by atoms with Gasteiger partial charge in [0.15, 0.2) is 0 Å². The summed E-state index contributed by atoms with van der Waals surface area (Å²) in [7, 11) is 0. The molecule has 1 rings (SSSR count). The van der Waals surface area contributed by atoms with E-state index in [-0.39, 0.29) is 6.42 Å². The highest BCUT2D eigenvalue weighted by atomic mass is 19.3. The molecule has 2 N–H and O–H groups in total. The van der Waals surface area contributed by atoms with Crippen LogP contribution in [0.15, 0.2) is 12.4 Å². The van der Waals surface area contributed by atoms with Crippen molar-refractivity contribution in [2.24, 2.45) is 5.73 Å². The van der Waals surface area contributed by atoms with Gasteiger partial charge in [-0.2, -0.15) is 0 Å². The predicted octanol–water partition coefficient (Wildman–Crippen LogP) is 1.31. The standard InChI is InChI=1S/C9H13F2N3/c1-6-7(14-4-3-13-6)5-9(2,12)8(10)11/h3-4,8H,5,12H2,1-2H3. The van der Waals surface area contributed by atoms with Crippen LogP contribution in [0, 0.1) is 6.92 Å². The van der Waals surface area contributed by atoms with Crippen LogP contribution in [-0.4, -0.2) is 21.9 Å². The van der Waals surface area contributed by atoms with Crippen molar-refractivity contribution in [1.82, 2.24) is 9.97 Å². The molecule has 0 fully saturated rings. The molecule has 0 saturated heterocycles. The number of aromatic nitrogens is 2. The fraction of sp³-hybridized carbons (Fsp3) is 0.556. The Bertz CT molecular complexity index is 313. The minimum atomic E-state index is -2.57. The number of aryl methyl sites for hydroxylation is 1. The van der Waals surface area contributed by atoms with Crippen LogP contribution in [-0.2, 0) is 6.42 Å². The molecule has 3 nitrogen and oxygen atoms in total. The van der Waals surface area contributed by atoms with Crippen molar-refractivity contribution >= 4 is 0 Å². The van der Waals surface area contributed by atoms with Gasteiger partial charge in [0, 0.05) is 18.8 Å². The molecule has 1 aromatic rings. The summed E-state index contributed by atoms with van der Waals surface area (Å²) in [6.45, 7) is 3.04. The van der Waals surface area contributed by atoms with Crippen LogP contribution >= 0.6 is 0 Å². The molecule has 1 heterocycles. The Morgan fingerprint density at radius 3 is 2.50 bits per heavy atom. The molecule has 0 aliphatic heterocycles. The van der Waals surface area contributed by atoms with Gasteiger partial charge in [0.2, 0.25) is 0 Å². The summed E-state index contributed by atoms with van der Waals surface area (Å²) >= 11 is 0. The number of alkyl halides is 2. The molecule has 0 aromatic carbocycles. The third-order valence-corrected chi connectivity index (χ3v) is 2.03. The normalized spacial score (nSPS) is 15.6. The average Bonchev–Trinajstić information content (AvgIpc) is 2.08. The maximum absolute atomic E-state index is 12.5. The largest absolute Gasteiger partial charge is 0.320 e. The first-order valence-electron chi connectivity index (χ1n) is 4.27. The molecule has 1 atom stereocenters. The van der Waals surface area contributed by atoms with Gasteiger partial charge in [-0.15, -0.1) is 0 Å². The van der Waals surface area contributed by atoms with Crippen molar-refractivity contribution in [3.05, 3.63) is 23.8 Å². The van der Waals surface area contributed by atoms with E-state index in [0.717, 1.165) is 0 Å². The molecule has 78 valence electrons. The third-order valence-electron chi connectivity index (χ3n) is 2.03. The first-order chi connectivity index (χ1) is 6.43. The number of nitrogens with two attached hydrogens (primary N) is 1. The molecule has 0 spiro atoms. The second-order valence-corrected chi connectivity index (χ2v) is 3.57. The van der Waals surface area contributed by atoms with Crippen LogP contribution in [0.25, 0.3) is 0 Å². The van der Waals surface area contributed by atoms with E-state index in [1.807, 2.05) is 0 Å². The van der Waals surface area contributed by atoms with Crippen molar-refractivity contribution in [1.29, 1.82) is 0 Å². The molecule has 0 saturated carbocycles. The summed E-state index contributed by atoms with van der Waals surface area (Å²) in [5.74, 6) is 0. The summed E-state index contributed by atoms with van der Waals surface area (Å²) in [6, 6.07) is 0. The minimum Gasteiger partial charge on any atom is -0.320 e. The van der Waals surface area contributed by atoms with Crippen molar-refractivity contribution in [2.45, 2.75) is 32.2 Å². The van der Waals surface area contributed by atoms with Gasteiger partial charge in [-0.1, -0.05) is 0 Å². The van der Waals surface area contributed by atoms with Crippen LogP contribution in [0.4, 0.5) is 8.78 Å². The molecule has 1 unspecified atom stereocenters. The van der Waals surface area contributed by atoms with Gasteiger partial charge < -0.3 is 5.73 Å². The lowest BCUT2D eigenvalue weighted by Crippen LogP contribution is -2.46. The Balaban J connectivity index is 2.84. The fourth-order valence-electron chi connectivity index (χ4n) is 1.05. The molecule has 5 heteroatoms. The number of hydrogen-bond acceptors (Lipinski definition) is 3. The maximum atomic E-state index is 12.5. The van der Waals surface area contributed by atoms with Gasteiger partial charge in [0.25, 0.3) is 6.43 Å². The van der Waals surface area contributed by atoms with E-state index in [4.69, 9.17) is 5.73 Å². The van der Waals surface area contributed by atoms with Crippen molar-refractivity contribution in [3.63, 3.8) is 0 Å². The van der Waals surface area contributed by atoms with Crippen LogP contribution < -0.4 is 5.73 Å². The molecule has 0 amide bonds. The molecule has 0 radical (unpaired) electrons. The first kappa shape index (κ1) is 11.0. The Morgan fingerprint density at radius 2 is 2.00 bits per heavy atom. The highest BCUT2D eigenvalue weighted by Gasteiger charge is 2.31. The average molecular weight is 201 g/mol. The van der Waals surface area contributed by atoms with Gasteiger partial charge in [0.05, 0.1) is 16.9 Å². The highest BCUT2D eigenvalue weighted by Crippen LogP contribution is 2.17. The lowest BCUT2D eigenvalue weighted by atomic mass is 9.97. The minimum absolute atomic E-state index is 0.0321. The summed E-state index contributed by atoms with van der Waals surface area (Å²) in [5.41, 5.74) is 5.07. The van der Waals surface area contributed by atoms with Gasteiger partial charge in [0.1, 0.15) is 0 Å². The van der Waals surface area contributed by atoms with Gasteiger partial charge in [-0.05, 0) is 13.8 Å². The van der Waals surface area contributed by atoms with E-state index in [2.05, 4.69) is 9.97 Å². The van der Waals surface area contributed by atoms with E-state index in [1.54, 1.807) is 6.92 Å². The molecule has 0 bridgehead atoms. The van der Waals surface area contributed by atoms with Crippen molar-refractivity contribution < 1.29 is 8.78 Å². The molecule has 1 aromatic heterocycles. The smallest absolute Gasteiger partial charge is 0.256 e. The summed E-state index contributed by atoms with van der Waals surface area (Å²) in [5, 5.41) is 0. The zero-order valence-electron chi connectivity index (χ0n) is 8.17. The second-order valence-electron chi connectivity index (χ2n) is 3.57. The Morgan fingerprint density at radius 1 is 1.43 bits per heavy atom. The number of rotatable bonds is 3. The quantitative estimate of drug-likeness (QED) is 0.802. The van der Waals surface area contributed by atoms with Gasteiger partial charge >= 0.3 is 0 Å².